The van der Waals surface area contributed by atoms with Crippen LogP contribution in [0.15, 0.2) is 28.7 Å². The van der Waals surface area contributed by atoms with E-state index in [0.717, 1.165) is 28.1 Å². The van der Waals surface area contributed by atoms with Crippen molar-refractivity contribution in [2.75, 3.05) is 19.0 Å². The lowest BCUT2D eigenvalue weighted by atomic mass is 10.1. The molecule has 0 atom stereocenters. The maximum atomic E-state index is 12.9. The summed E-state index contributed by atoms with van der Waals surface area (Å²) < 4.78 is 18.9. The van der Waals surface area contributed by atoms with Gasteiger partial charge in [0, 0.05) is 20.1 Å². The predicted octanol–water partition coefficient (Wildman–Crippen LogP) is 3.55. The molecule has 0 aliphatic rings. The summed E-state index contributed by atoms with van der Waals surface area (Å²) in [7, 11) is 1.63. The fourth-order valence-electron chi connectivity index (χ4n) is 1.93. The second-order valence-corrected chi connectivity index (χ2v) is 5.31. The quantitative estimate of drug-likeness (QED) is 0.862. The SMILES string of the molecule is CCNc1nc(Cc2ccc(F)cc2)nc(COC)c1Br. The van der Waals surface area contributed by atoms with Gasteiger partial charge >= 0.3 is 0 Å². The van der Waals surface area contributed by atoms with Gasteiger partial charge in [0.1, 0.15) is 17.5 Å². The minimum Gasteiger partial charge on any atom is -0.378 e. The Morgan fingerprint density at radius 3 is 2.57 bits per heavy atom. The molecule has 1 heterocycles. The van der Waals surface area contributed by atoms with E-state index in [-0.39, 0.29) is 5.82 Å². The summed E-state index contributed by atoms with van der Waals surface area (Å²) in [5.41, 5.74) is 1.75. The number of benzene rings is 1. The van der Waals surface area contributed by atoms with Crippen molar-refractivity contribution in [3.8, 4) is 0 Å². The van der Waals surface area contributed by atoms with Crippen molar-refractivity contribution in [2.24, 2.45) is 0 Å². The molecule has 0 spiro atoms. The number of rotatable bonds is 6. The first-order valence-electron chi connectivity index (χ1n) is 6.66. The zero-order chi connectivity index (χ0) is 15.2. The van der Waals surface area contributed by atoms with E-state index in [0.29, 0.717) is 18.9 Å². The maximum absolute atomic E-state index is 12.9. The van der Waals surface area contributed by atoms with Crippen LogP contribution in [0.1, 0.15) is 24.0 Å². The molecule has 0 aliphatic carbocycles. The van der Waals surface area contributed by atoms with Gasteiger partial charge in [-0.05, 0) is 40.5 Å². The number of aromatic nitrogens is 2. The van der Waals surface area contributed by atoms with Gasteiger partial charge in [0.2, 0.25) is 0 Å². The molecule has 112 valence electrons. The van der Waals surface area contributed by atoms with Crippen molar-refractivity contribution in [3.05, 3.63) is 51.6 Å². The first kappa shape index (κ1) is 15.9. The first-order valence-corrected chi connectivity index (χ1v) is 7.46. The van der Waals surface area contributed by atoms with Crippen LogP contribution in [0.3, 0.4) is 0 Å². The van der Waals surface area contributed by atoms with Crippen LogP contribution >= 0.6 is 15.9 Å². The molecule has 4 nitrogen and oxygen atoms in total. The Balaban J connectivity index is 2.31. The van der Waals surface area contributed by atoms with E-state index in [4.69, 9.17) is 4.74 Å². The Hall–Kier alpha value is -1.53. The van der Waals surface area contributed by atoms with E-state index in [1.54, 1.807) is 19.2 Å². The van der Waals surface area contributed by atoms with E-state index in [1.807, 2.05) is 6.92 Å². The lowest BCUT2D eigenvalue weighted by Crippen LogP contribution is -2.09. The molecule has 1 aromatic heterocycles. The zero-order valence-electron chi connectivity index (χ0n) is 12.0. The summed E-state index contributed by atoms with van der Waals surface area (Å²) in [6.07, 6.45) is 0.544. The molecule has 6 heteroatoms. The largest absolute Gasteiger partial charge is 0.378 e. The van der Waals surface area contributed by atoms with Crippen molar-refractivity contribution >= 4 is 21.7 Å². The normalized spacial score (nSPS) is 10.7. The Morgan fingerprint density at radius 2 is 1.95 bits per heavy atom. The van der Waals surface area contributed by atoms with Crippen LogP contribution in [-0.2, 0) is 17.8 Å². The van der Waals surface area contributed by atoms with E-state index in [1.165, 1.54) is 12.1 Å². The van der Waals surface area contributed by atoms with E-state index in [9.17, 15) is 4.39 Å². The standard InChI is InChI=1S/C15H17BrFN3O/c1-3-18-15-14(16)12(9-21-2)19-13(20-15)8-10-4-6-11(17)7-5-10/h4-7H,3,8-9H2,1-2H3,(H,18,19,20). The summed E-state index contributed by atoms with van der Waals surface area (Å²) >= 11 is 3.50. The molecule has 0 bridgehead atoms. The lowest BCUT2D eigenvalue weighted by Gasteiger charge is -2.12. The third-order valence-corrected chi connectivity index (χ3v) is 3.70. The fourth-order valence-corrected chi connectivity index (χ4v) is 2.36. The van der Waals surface area contributed by atoms with Crippen molar-refractivity contribution in [3.63, 3.8) is 0 Å². The zero-order valence-corrected chi connectivity index (χ0v) is 13.6. The number of ether oxygens (including phenoxy) is 1. The molecular weight excluding hydrogens is 337 g/mol. The van der Waals surface area contributed by atoms with Gasteiger partial charge < -0.3 is 10.1 Å². The minimum atomic E-state index is -0.246. The van der Waals surface area contributed by atoms with Crippen LogP contribution in [0.5, 0.6) is 0 Å². The van der Waals surface area contributed by atoms with Crippen LogP contribution in [0.2, 0.25) is 0 Å². The molecule has 1 N–H and O–H groups in total. The Bertz CT molecular complexity index is 577. The smallest absolute Gasteiger partial charge is 0.144 e. The molecule has 0 saturated carbocycles. The van der Waals surface area contributed by atoms with Gasteiger partial charge in [0.15, 0.2) is 0 Å². The van der Waals surface area contributed by atoms with E-state index in [2.05, 4.69) is 31.2 Å². The van der Waals surface area contributed by atoms with Crippen molar-refractivity contribution in [1.82, 2.24) is 9.97 Å². The summed E-state index contributed by atoms with van der Waals surface area (Å²) in [5, 5.41) is 3.20. The highest BCUT2D eigenvalue weighted by molar-refractivity contribution is 9.10. The number of halogens is 2. The molecule has 1 aromatic carbocycles. The van der Waals surface area contributed by atoms with Gasteiger partial charge in [-0.2, -0.15) is 0 Å². The van der Waals surface area contributed by atoms with Gasteiger partial charge in [-0.1, -0.05) is 12.1 Å². The second-order valence-electron chi connectivity index (χ2n) is 4.52. The molecule has 0 unspecified atom stereocenters. The van der Waals surface area contributed by atoms with Crippen LogP contribution in [0.4, 0.5) is 10.2 Å². The van der Waals surface area contributed by atoms with Gasteiger partial charge in [-0.25, -0.2) is 14.4 Å². The molecule has 0 fully saturated rings. The van der Waals surface area contributed by atoms with Crippen LogP contribution in [0, 0.1) is 5.82 Å². The van der Waals surface area contributed by atoms with Gasteiger partial charge in [0.25, 0.3) is 0 Å². The first-order chi connectivity index (χ1) is 10.1. The molecular formula is C15H17BrFN3O. The third kappa shape index (κ3) is 4.22. The lowest BCUT2D eigenvalue weighted by molar-refractivity contribution is 0.180. The molecule has 0 aliphatic heterocycles. The number of hydrogen-bond donors (Lipinski definition) is 1. The predicted molar refractivity (Wildman–Crippen MR) is 83.8 cm³/mol. The number of methoxy groups -OCH3 is 1. The summed E-state index contributed by atoms with van der Waals surface area (Å²) in [4.78, 5) is 9.01. The van der Waals surface area contributed by atoms with Crippen molar-refractivity contribution in [1.29, 1.82) is 0 Å². The average molecular weight is 354 g/mol. The van der Waals surface area contributed by atoms with Crippen molar-refractivity contribution in [2.45, 2.75) is 20.0 Å². The average Bonchev–Trinajstić information content (AvgIpc) is 2.47. The molecule has 0 amide bonds. The van der Waals surface area contributed by atoms with E-state index < -0.39 is 0 Å². The van der Waals surface area contributed by atoms with Crippen LogP contribution < -0.4 is 5.32 Å². The topological polar surface area (TPSA) is 47.0 Å². The monoisotopic (exact) mass is 353 g/mol. The molecule has 21 heavy (non-hydrogen) atoms. The minimum absolute atomic E-state index is 0.246. The Kier molecular flexibility index (Phi) is 5.64. The molecule has 2 aromatic rings. The van der Waals surface area contributed by atoms with Gasteiger partial charge in [-0.3, -0.25) is 0 Å². The third-order valence-electron chi connectivity index (χ3n) is 2.87. The Labute approximate surface area is 131 Å². The summed E-state index contributed by atoms with van der Waals surface area (Å²) in [6.45, 7) is 3.17. The number of nitrogens with zero attached hydrogens (tertiary/aromatic N) is 2. The fraction of sp³-hybridized carbons (Fsp3) is 0.333. The summed E-state index contributed by atoms with van der Waals surface area (Å²) in [5.74, 6) is 1.17. The summed E-state index contributed by atoms with van der Waals surface area (Å²) in [6, 6.07) is 6.36. The van der Waals surface area contributed by atoms with Gasteiger partial charge in [0.05, 0.1) is 16.8 Å². The van der Waals surface area contributed by atoms with E-state index >= 15 is 0 Å². The van der Waals surface area contributed by atoms with Crippen molar-refractivity contribution < 1.29 is 9.13 Å². The van der Waals surface area contributed by atoms with Crippen LogP contribution in [0.25, 0.3) is 0 Å². The number of nitrogens with one attached hydrogen (secondary N) is 1. The number of hydrogen-bond acceptors (Lipinski definition) is 4. The molecule has 2 rings (SSSR count). The maximum Gasteiger partial charge on any atom is 0.144 e. The van der Waals surface area contributed by atoms with Crippen LogP contribution in [-0.4, -0.2) is 23.6 Å². The number of anilines is 1. The molecule has 0 saturated heterocycles. The molecule has 0 radical (unpaired) electrons. The highest BCUT2D eigenvalue weighted by Gasteiger charge is 2.12. The Morgan fingerprint density at radius 1 is 1.24 bits per heavy atom. The second kappa shape index (κ2) is 7.47. The highest BCUT2D eigenvalue weighted by Crippen LogP contribution is 2.25. The van der Waals surface area contributed by atoms with Gasteiger partial charge in [-0.15, -0.1) is 0 Å². The highest BCUT2D eigenvalue weighted by atomic mass is 79.9.